The molecule has 0 aromatic carbocycles. The Hall–Kier alpha value is -1.90. The number of anilines is 1. The molecule has 148 valence electrons. The highest BCUT2D eigenvalue weighted by molar-refractivity contribution is 5.82. The molecule has 3 aliphatic rings. The summed E-state index contributed by atoms with van der Waals surface area (Å²) < 4.78 is 39.1. The molecule has 2 aliphatic heterocycles. The third-order valence-corrected chi connectivity index (χ3v) is 5.74. The van der Waals surface area contributed by atoms with Crippen LogP contribution in [-0.2, 0) is 11.0 Å². The van der Waals surface area contributed by atoms with Crippen molar-refractivity contribution in [2.45, 2.75) is 62.8 Å². The smallest absolute Gasteiger partial charge is 0.355 e. The van der Waals surface area contributed by atoms with Gasteiger partial charge in [0.15, 0.2) is 0 Å². The summed E-state index contributed by atoms with van der Waals surface area (Å²) in [5.74, 6) is 0.470. The zero-order valence-electron chi connectivity index (χ0n) is 15.1. The Morgan fingerprint density at radius 2 is 1.78 bits per heavy atom. The SMILES string of the molecule is O=C1NCCCC1N1CCC(N(c2cc(C(F)(F)F)ncn2)C2CC2)CC1. The number of halogens is 3. The van der Waals surface area contributed by atoms with Crippen LogP contribution in [0, 0.1) is 0 Å². The number of hydrogen-bond donors (Lipinski definition) is 1. The van der Waals surface area contributed by atoms with Crippen molar-refractivity contribution < 1.29 is 18.0 Å². The van der Waals surface area contributed by atoms with Crippen molar-refractivity contribution in [3.05, 3.63) is 18.1 Å². The van der Waals surface area contributed by atoms with E-state index < -0.39 is 11.9 Å². The molecule has 1 N–H and O–H groups in total. The average Bonchev–Trinajstić information content (AvgIpc) is 3.48. The van der Waals surface area contributed by atoms with Gasteiger partial charge >= 0.3 is 6.18 Å². The van der Waals surface area contributed by atoms with Crippen molar-refractivity contribution in [3.63, 3.8) is 0 Å². The summed E-state index contributed by atoms with van der Waals surface area (Å²) in [5, 5.41) is 2.92. The summed E-state index contributed by atoms with van der Waals surface area (Å²) in [6, 6.07) is 1.41. The molecule has 9 heteroatoms. The molecule has 0 spiro atoms. The van der Waals surface area contributed by atoms with Gasteiger partial charge in [-0.25, -0.2) is 9.97 Å². The normalized spacial score (nSPS) is 25.3. The zero-order chi connectivity index (χ0) is 19.0. The van der Waals surface area contributed by atoms with Crippen molar-refractivity contribution >= 4 is 11.7 Å². The molecular formula is C18H24F3N5O. The molecule has 1 atom stereocenters. The molecule has 1 unspecified atom stereocenters. The van der Waals surface area contributed by atoms with Crippen LogP contribution in [0.25, 0.3) is 0 Å². The van der Waals surface area contributed by atoms with E-state index in [0.29, 0.717) is 5.82 Å². The molecular weight excluding hydrogens is 359 g/mol. The predicted octanol–water partition coefficient (Wildman–Crippen LogP) is 2.21. The zero-order valence-corrected chi connectivity index (χ0v) is 15.1. The molecule has 1 saturated carbocycles. The molecule has 0 bridgehead atoms. The van der Waals surface area contributed by atoms with Crippen LogP contribution < -0.4 is 10.2 Å². The van der Waals surface area contributed by atoms with Crippen LogP contribution in [0.15, 0.2) is 12.4 Å². The Bertz CT molecular complexity index is 686. The predicted molar refractivity (Wildman–Crippen MR) is 93.2 cm³/mol. The second-order valence-electron chi connectivity index (χ2n) is 7.61. The molecule has 0 radical (unpaired) electrons. The third-order valence-electron chi connectivity index (χ3n) is 5.74. The number of likely N-dealkylation sites (tertiary alicyclic amines) is 1. The summed E-state index contributed by atoms with van der Waals surface area (Å²) in [5.41, 5.74) is -0.894. The van der Waals surface area contributed by atoms with Crippen molar-refractivity contribution in [2.75, 3.05) is 24.5 Å². The van der Waals surface area contributed by atoms with Crippen LogP contribution in [0.4, 0.5) is 19.0 Å². The van der Waals surface area contributed by atoms with Gasteiger partial charge in [0.2, 0.25) is 5.91 Å². The summed E-state index contributed by atoms with van der Waals surface area (Å²) in [6.07, 6.45) is 2.03. The summed E-state index contributed by atoms with van der Waals surface area (Å²) in [4.78, 5) is 23.9. The summed E-state index contributed by atoms with van der Waals surface area (Å²) in [6.45, 7) is 2.31. The van der Waals surface area contributed by atoms with E-state index in [9.17, 15) is 18.0 Å². The number of carbonyl (C=O) groups excluding carboxylic acids is 1. The maximum absolute atomic E-state index is 13.0. The fraction of sp³-hybridized carbons (Fsp3) is 0.722. The number of hydrogen-bond acceptors (Lipinski definition) is 5. The number of amides is 1. The lowest BCUT2D eigenvalue weighted by Gasteiger charge is -2.42. The van der Waals surface area contributed by atoms with E-state index >= 15 is 0 Å². The number of alkyl halides is 3. The second kappa shape index (κ2) is 7.26. The molecule has 6 nitrogen and oxygen atoms in total. The van der Waals surface area contributed by atoms with Gasteiger partial charge in [-0.1, -0.05) is 0 Å². The van der Waals surface area contributed by atoms with Crippen molar-refractivity contribution in [1.82, 2.24) is 20.2 Å². The van der Waals surface area contributed by atoms with Gasteiger partial charge < -0.3 is 10.2 Å². The Morgan fingerprint density at radius 3 is 2.41 bits per heavy atom. The van der Waals surface area contributed by atoms with Gasteiger partial charge in [0.05, 0.1) is 6.04 Å². The number of aromatic nitrogens is 2. The number of piperidine rings is 2. The van der Waals surface area contributed by atoms with Crippen LogP contribution in [0.1, 0.15) is 44.2 Å². The number of carbonyl (C=O) groups is 1. The number of rotatable bonds is 4. The van der Waals surface area contributed by atoms with E-state index in [2.05, 4.69) is 25.1 Å². The van der Waals surface area contributed by atoms with E-state index in [4.69, 9.17) is 0 Å². The molecule has 27 heavy (non-hydrogen) atoms. The fourth-order valence-corrected chi connectivity index (χ4v) is 4.25. The van der Waals surface area contributed by atoms with Crippen molar-refractivity contribution in [2.24, 2.45) is 0 Å². The van der Waals surface area contributed by atoms with Gasteiger partial charge in [0, 0.05) is 37.8 Å². The van der Waals surface area contributed by atoms with Crippen LogP contribution in [0.3, 0.4) is 0 Å². The minimum atomic E-state index is -4.47. The van der Waals surface area contributed by atoms with Gasteiger partial charge in [-0.2, -0.15) is 13.2 Å². The van der Waals surface area contributed by atoms with Gasteiger partial charge in [-0.05, 0) is 38.5 Å². The van der Waals surface area contributed by atoms with Crippen LogP contribution in [0.5, 0.6) is 0 Å². The van der Waals surface area contributed by atoms with E-state index in [-0.39, 0.29) is 24.0 Å². The topological polar surface area (TPSA) is 61.4 Å². The van der Waals surface area contributed by atoms with Crippen LogP contribution >= 0.6 is 0 Å². The Labute approximate surface area is 156 Å². The molecule has 3 heterocycles. The first-order chi connectivity index (χ1) is 12.9. The number of nitrogens with zero attached hydrogens (tertiary/aromatic N) is 4. The molecule has 3 fully saturated rings. The molecule has 1 aliphatic carbocycles. The monoisotopic (exact) mass is 383 g/mol. The molecule has 1 amide bonds. The second-order valence-corrected chi connectivity index (χ2v) is 7.61. The highest BCUT2D eigenvalue weighted by Crippen LogP contribution is 2.37. The Morgan fingerprint density at radius 1 is 1.07 bits per heavy atom. The van der Waals surface area contributed by atoms with Gasteiger partial charge in [0.25, 0.3) is 0 Å². The minimum Gasteiger partial charge on any atom is -0.355 e. The first-order valence-corrected chi connectivity index (χ1v) is 9.63. The minimum absolute atomic E-state index is 0.0649. The summed E-state index contributed by atoms with van der Waals surface area (Å²) in [7, 11) is 0. The fourth-order valence-electron chi connectivity index (χ4n) is 4.25. The van der Waals surface area contributed by atoms with E-state index in [1.165, 1.54) is 0 Å². The van der Waals surface area contributed by atoms with E-state index in [0.717, 1.165) is 70.6 Å². The average molecular weight is 383 g/mol. The molecule has 1 aromatic rings. The number of nitrogens with one attached hydrogen (secondary N) is 1. The van der Waals surface area contributed by atoms with E-state index in [1.54, 1.807) is 0 Å². The largest absolute Gasteiger partial charge is 0.433 e. The Kier molecular flexibility index (Phi) is 4.96. The maximum atomic E-state index is 13.0. The molecule has 4 rings (SSSR count). The highest BCUT2D eigenvalue weighted by Gasteiger charge is 2.40. The third kappa shape index (κ3) is 4.02. The maximum Gasteiger partial charge on any atom is 0.433 e. The van der Waals surface area contributed by atoms with Crippen molar-refractivity contribution in [1.29, 1.82) is 0 Å². The quantitative estimate of drug-likeness (QED) is 0.864. The summed E-state index contributed by atoms with van der Waals surface area (Å²) >= 11 is 0. The van der Waals surface area contributed by atoms with Crippen molar-refractivity contribution in [3.8, 4) is 0 Å². The molecule has 2 saturated heterocycles. The highest BCUT2D eigenvalue weighted by atomic mass is 19.4. The van der Waals surface area contributed by atoms with Crippen LogP contribution in [-0.4, -0.2) is 58.5 Å². The van der Waals surface area contributed by atoms with Gasteiger partial charge in [0.1, 0.15) is 17.8 Å². The standard InChI is InChI=1S/C18H24F3N5O/c19-18(20,21)15-10-16(24-11-23-15)26(12-3-4-12)13-5-8-25(9-6-13)14-2-1-7-22-17(14)27/h10-14H,1-9H2,(H,22,27). The van der Waals surface area contributed by atoms with Gasteiger partial charge in [-0.15, -0.1) is 0 Å². The van der Waals surface area contributed by atoms with E-state index in [1.807, 2.05) is 0 Å². The van der Waals surface area contributed by atoms with Crippen LogP contribution in [0.2, 0.25) is 0 Å². The molecule has 1 aromatic heterocycles. The first-order valence-electron chi connectivity index (χ1n) is 9.63. The first kappa shape index (κ1) is 18.5. The van der Waals surface area contributed by atoms with Gasteiger partial charge in [-0.3, -0.25) is 9.69 Å². The Balaban J connectivity index is 1.46. The lowest BCUT2D eigenvalue weighted by molar-refractivity contribution is -0.141. The lowest BCUT2D eigenvalue weighted by Crippen LogP contribution is -2.55. The lowest BCUT2D eigenvalue weighted by atomic mass is 9.97.